The fraction of sp³-hybridized carbons (Fsp3) is 0.353. The maximum absolute atomic E-state index is 12.3. The van der Waals surface area contributed by atoms with Crippen LogP contribution in [0.4, 0.5) is 5.82 Å². The predicted molar refractivity (Wildman–Crippen MR) is 98.4 cm³/mol. The van der Waals surface area contributed by atoms with Crippen LogP contribution in [0.5, 0.6) is 0 Å². The monoisotopic (exact) mass is 372 g/mol. The standard InChI is InChI=1S/C17H20N6O2S/c1-10(2)13-5-7-14(8-6-13)23-17(19-21-22-23)26-12(4)16(24)18-15-9-11(3)25-20-15/h5-10,12H,1-4H3,(H,18,20,24)/t12-/m1/s1. The van der Waals surface area contributed by atoms with Crippen LogP contribution in [0.25, 0.3) is 5.69 Å². The van der Waals surface area contributed by atoms with Gasteiger partial charge in [-0.25, -0.2) is 0 Å². The molecule has 3 rings (SSSR count). The van der Waals surface area contributed by atoms with Crippen LogP contribution in [-0.4, -0.2) is 36.5 Å². The van der Waals surface area contributed by atoms with Crippen molar-refractivity contribution in [3.63, 3.8) is 0 Å². The second-order valence-corrected chi connectivity index (χ2v) is 7.50. The molecule has 0 aliphatic carbocycles. The Bertz CT molecular complexity index is 887. The molecule has 1 atom stereocenters. The van der Waals surface area contributed by atoms with Crippen molar-refractivity contribution in [1.82, 2.24) is 25.4 Å². The van der Waals surface area contributed by atoms with Gasteiger partial charge in [0.15, 0.2) is 5.82 Å². The fourth-order valence-electron chi connectivity index (χ4n) is 2.28. The van der Waals surface area contributed by atoms with Gasteiger partial charge in [-0.1, -0.05) is 42.9 Å². The average molecular weight is 372 g/mol. The Labute approximate surface area is 155 Å². The molecule has 0 fully saturated rings. The van der Waals surface area contributed by atoms with Crippen molar-refractivity contribution in [3.8, 4) is 5.69 Å². The molecule has 136 valence electrons. The number of thioether (sulfide) groups is 1. The summed E-state index contributed by atoms with van der Waals surface area (Å²) in [5.41, 5.74) is 2.09. The fourth-order valence-corrected chi connectivity index (χ4v) is 3.09. The van der Waals surface area contributed by atoms with Gasteiger partial charge in [0.1, 0.15) is 5.76 Å². The quantitative estimate of drug-likeness (QED) is 0.663. The van der Waals surface area contributed by atoms with Crippen LogP contribution < -0.4 is 5.32 Å². The molecule has 0 spiro atoms. The number of nitrogens with one attached hydrogen (secondary N) is 1. The second kappa shape index (κ2) is 7.69. The molecule has 1 N–H and O–H groups in total. The first-order chi connectivity index (χ1) is 12.4. The number of benzene rings is 1. The van der Waals surface area contributed by atoms with Gasteiger partial charge in [-0.15, -0.1) is 5.10 Å². The van der Waals surface area contributed by atoms with Crippen molar-refractivity contribution < 1.29 is 9.32 Å². The van der Waals surface area contributed by atoms with Crippen LogP contribution in [0.3, 0.4) is 0 Å². The summed E-state index contributed by atoms with van der Waals surface area (Å²) < 4.78 is 6.57. The van der Waals surface area contributed by atoms with Gasteiger partial charge in [0.2, 0.25) is 11.1 Å². The van der Waals surface area contributed by atoms with E-state index in [1.807, 2.05) is 12.1 Å². The Hall–Kier alpha value is -2.68. The second-order valence-electron chi connectivity index (χ2n) is 6.19. The van der Waals surface area contributed by atoms with E-state index in [-0.39, 0.29) is 5.91 Å². The third kappa shape index (κ3) is 4.10. The number of tetrazole rings is 1. The number of amides is 1. The first kappa shape index (κ1) is 18.1. The zero-order chi connectivity index (χ0) is 18.7. The molecule has 0 unspecified atom stereocenters. The van der Waals surface area contributed by atoms with E-state index < -0.39 is 5.25 Å². The van der Waals surface area contributed by atoms with Crippen molar-refractivity contribution in [2.24, 2.45) is 0 Å². The average Bonchev–Trinajstić information content (AvgIpc) is 3.23. The summed E-state index contributed by atoms with van der Waals surface area (Å²) in [7, 11) is 0. The lowest BCUT2D eigenvalue weighted by Crippen LogP contribution is -2.23. The molecule has 9 heteroatoms. The van der Waals surface area contributed by atoms with Crippen LogP contribution in [0.2, 0.25) is 0 Å². The van der Waals surface area contributed by atoms with Crippen LogP contribution in [0, 0.1) is 6.92 Å². The molecule has 2 aromatic heterocycles. The summed E-state index contributed by atoms with van der Waals surface area (Å²) in [6.45, 7) is 7.83. The summed E-state index contributed by atoms with van der Waals surface area (Å²) in [5.74, 6) is 1.28. The molecular weight excluding hydrogens is 352 g/mol. The number of carbonyl (C=O) groups excluding carboxylic acids is 1. The minimum atomic E-state index is -0.410. The SMILES string of the molecule is Cc1cc(NC(=O)[C@@H](C)Sc2nnnn2-c2ccc(C(C)C)cc2)no1. The number of aryl methyl sites for hydroxylation is 1. The smallest absolute Gasteiger partial charge is 0.238 e. The molecule has 0 radical (unpaired) electrons. The molecule has 0 saturated carbocycles. The number of carbonyl (C=O) groups is 1. The summed E-state index contributed by atoms with van der Waals surface area (Å²) in [6, 6.07) is 9.71. The first-order valence-electron chi connectivity index (χ1n) is 8.23. The van der Waals surface area contributed by atoms with Gasteiger partial charge in [-0.3, -0.25) is 4.79 Å². The molecule has 0 bridgehead atoms. The third-order valence-corrected chi connectivity index (χ3v) is 4.81. The summed E-state index contributed by atoms with van der Waals surface area (Å²) in [5, 5.41) is 18.4. The molecule has 2 heterocycles. The number of rotatable bonds is 6. The van der Waals surface area contributed by atoms with Gasteiger partial charge in [-0.05, 0) is 47.9 Å². The van der Waals surface area contributed by atoms with E-state index in [0.29, 0.717) is 22.7 Å². The van der Waals surface area contributed by atoms with Gasteiger partial charge in [0.25, 0.3) is 0 Å². The van der Waals surface area contributed by atoms with E-state index >= 15 is 0 Å². The molecule has 26 heavy (non-hydrogen) atoms. The van der Waals surface area contributed by atoms with Crippen LogP contribution in [0.15, 0.2) is 40.0 Å². The predicted octanol–water partition coefficient (Wildman–Crippen LogP) is 3.20. The van der Waals surface area contributed by atoms with Crippen molar-refractivity contribution in [3.05, 3.63) is 41.7 Å². The highest BCUT2D eigenvalue weighted by Crippen LogP contribution is 2.24. The minimum Gasteiger partial charge on any atom is -0.360 e. The Morgan fingerprint density at radius 3 is 2.58 bits per heavy atom. The Kier molecular flexibility index (Phi) is 5.36. The van der Waals surface area contributed by atoms with Gasteiger partial charge < -0.3 is 9.84 Å². The molecule has 1 amide bonds. The molecule has 0 aliphatic rings. The number of aromatic nitrogens is 5. The van der Waals surface area contributed by atoms with Gasteiger partial charge in [0, 0.05) is 6.07 Å². The number of hydrogen-bond acceptors (Lipinski definition) is 7. The third-order valence-electron chi connectivity index (χ3n) is 3.78. The highest BCUT2D eigenvalue weighted by molar-refractivity contribution is 8.00. The van der Waals surface area contributed by atoms with Crippen LogP contribution in [-0.2, 0) is 4.79 Å². The number of hydrogen-bond donors (Lipinski definition) is 1. The zero-order valence-corrected chi connectivity index (χ0v) is 15.8. The van der Waals surface area contributed by atoms with E-state index in [1.165, 1.54) is 17.3 Å². The number of anilines is 1. The molecule has 8 nitrogen and oxygen atoms in total. The molecule has 1 aromatic carbocycles. The summed E-state index contributed by atoms with van der Waals surface area (Å²) in [6.07, 6.45) is 0. The molecular formula is C17H20N6O2S. The number of nitrogens with zero attached hydrogens (tertiary/aromatic N) is 5. The Morgan fingerprint density at radius 2 is 1.96 bits per heavy atom. The molecule has 3 aromatic rings. The maximum Gasteiger partial charge on any atom is 0.238 e. The molecule has 0 saturated heterocycles. The van der Waals surface area contributed by atoms with Crippen molar-refractivity contribution in [2.45, 2.75) is 44.0 Å². The van der Waals surface area contributed by atoms with Crippen molar-refractivity contribution in [1.29, 1.82) is 0 Å². The lowest BCUT2D eigenvalue weighted by atomic mass is 10.0. The van der Waals surface area contributed by atoms with Gasteiger partial charge in [-0.2, -0.15) is 4.68 Å². The highest BCUT2D eigenvalue weighted by atomic mass is 32.2. The van der Waals surface area contributed by atoms with E-state index in [4.69, 9.17) is 4.52 Å². The first-order valence-corrected chi connectivity index (χ1v) is 9.11. The van der Waals surface area contributed by atoms with Gasteiger partial charge >= 0.3 is 0 Å². The van der Waals surface area contributed by atoms with Crippen molar-refractivity contribution >= 4 is 23.5 Å². The van der Waals surface area contributed by atoms with Gasteiger partial charge in [0.05, 0.1) is 10.9 Å². The normalized spacial score (nSPS) is 12.3. The summed E-state index contributed by atoms with van der Waals surface area (Å²) >= 11 is 1.27. The lowest BCUT2D eigenvalue weighted by molar-refractivity contribution is -0.115. The topological polar surface area (TPSA) is 98.7 Å². The highest BCUT2D eigenvalue weighted by Gasteiger charge is 2.20. The lowest BCUT2D eigenvalue weighted by Gasteiger charge is -2.11. The largest absolute Gasteiger partial charge is 0.360 e. The van der Waals surface area contributed by atoms with Crippen LogP contribution >= 0.6 is 11.8 Å². The zero-order valence-electron chi connectivity index (χ0n) is 15.0. The molecule has 0 aliphatic heterocycles. The Balaban J connectivity index is 1.70. The van der Waals surface area contributed by atoms with E-state index in [1.54, 1.807) is 24.6 Å². The van der Waals surface area contributed by atoms with Crippen LogP contribution in [0.1, 0.15) is 38.0 Å². The minimum absolute atomic E-state index is 0.201. The van der Waals surface area contributed by atoms with E-state index in [0.717, 1.165) is 5.69 Å². The Morgan fingerprint density at radius 1 is 1.23 bits per heavy atom. The maximum atomic E-state index is 12.3. The van der Waals surface area contributed by atoms with E-state index in [9.17, 15) is 4.79 Å². The van der Waals surface area contributed by atoms with Crippen molar-refractivity contribution in [2.75, 3.05) is 5.32 Å². The van der Waals surface area contributed by atoms with E-state index in [2.05, 4.69) is 52.0 Å². The summed E-state index contributed by atoms with van der Waals surface area (Å²) in [4.78, 5) is 12.3.